The molecular formula is C19H24N2O3. The molecule has 5 nitrogen and oxygen atoms in total. The largest absolute Gasteiger partial charge is 0.381 e. The Labute approximate surface area is 141 Å². The van der Waals surface area contributed by atoms with Crippen molar-refractivity contribution in [3.63, 3.8) is 0 Å². The Morgan fingerprint density at radius 3 is 2.75 bits per heavy atom. The Morgan fingerprint density at radius 2 is 2.00 bits per heavy atom. The van der Waals surface area contributed by atoms with Crippen LogP contribution in [-0.4, -0.2) is 29.7 Å². The van der Waals surface area contributed by atoms with Gasteiger partial charge in [0.15, 0.2) is 0 Å². The molecule has 5 rings (SSSR count). The van der Waals surface area contributed by atoms with Gasteiger partial charge in [0.1, 0.15) is 0 Å². The van der Waals surface area contributed by atoms with Gasteiger partial charge in [-0.15, -0.1) is 0 Å². The molecule has 3 fully saturated rings. The summed E-state index contributed by atoms with van der Waals surface area (Å²) in [4.78, 5) is 24.7. The van der Waals surface area contributed by atoms with Gasteiger partial charge < -0.3 is 14.6 Å². The molecule has 0 radical (unpaired) electrons. The zero-order valence-corrected chi connectivity index (χ0v) is 13.9. The number of fused-ring (bicyclic) bond motifs is 2. The van der Waals surface area contributed by atoms with Crippen molar-refractivity contribution in [3.05, 3.63) is 33.7 Å². The number of rotatable bonds is 4. The van der Waals surface area contributed by atoms with E-state index in [1.165, 1.54) is 24.1 Å². The van der Waals surface area contributed by atoms with Crippen molar-refractivity contribution in [3.8, 4) is 0 Å². The van der Waals surface area contributed by atoms with E-state index in [0.717, 1.165) is 39.0 Å². The first-order valence-corrected chi connectivity index (χ1v) is 9.30. The highest BCUT2D eigenvalue weighted by Gasteiger charge is 2.58. The number of carbonyl (C=O) groups excluding carboxylic acids is 1. The van der Waals surface area contributed by atoms with Gasteiger partial charge in [0, 0.05) is 30.3 Å². The Kier molecular flexibility index (Phi) is 3.34. The zero-order chi connectivity index (χ0) is 16.3. The van der Waals surface area contributed by atoms with Crippen LogP contribution < -0.4 is 10.9 Å². The minimum absolute atomic E-state index is 0.133. The average molecular weight is 328 g/mol. The lowest BCUT2D eigenvalue weighted by molar-refractivity contribution is -0.124. The minimum atomic E-state index is 0.133. The van der Waals surface area contributed by atoms with Crippen molar-refractivity contribution in [2.45, 2.75) is 44.7 Å². The van der Waals surface area contributed by atoms with Crippen LogP contribution in [0, 0.1) is 23.7 Å². The van der Waals surface area contributed by atoms with E-state index >= 15 is 0 Å². The van der Waals surface area contributed by atoms with Gasteiger partial charge in [0.2, 0.25) is 5.91 Å². The second-order valence-electron chi connectivity index (χ2n) is 8.04. The van der Waals surface area contributed by atoms with Gasteiger partial charge in [-0.05, 0) is 55.4 Å². The van der Waals surface area contributed by atoms with Crippen LogP contribution in [0.4, 0.5) is 0 Å². The molecule has 2 saturated carbocycles. The van der Waals surface area contributed by atoms with Crippen LogP contribution in [0.3, 0.4) is 0 Å². The van der Waals surface area contributed by atoms with Gasteiger partial charge in [-0.3, -0.25) is 9.59 Å². The van der Waals surface area contributed by atoms with Crippen molar-refractivity contribution in [2.24, 2.45) is 23.7 Å². The van der Waals surface area contributed by atoms with Gasteiger partial charge in [0.05, 0.1) is 13.2 Å². The normalized spacial score (nSPS) is 33.7. The standard InChI is InChI=1S/C19H24N2O3/c22-17-6-3-12-7-13(4-5-16(12)21(17)8-11-1-2-11)20-19(23)18-14-9-24-10-15(14)18/h3,6,11,13-15,18H,1-2,4-5,7-10H2,(H,20,23)/t13-,14-,15+,18?/m0/s1. The van der Waals surface area contributed by atoms with E-state index in [1.54, 1.807) is 6.07 Å². The summed E-state index contributed by atoms with van der Waals surface area (Å²) in [7, 11) is 0. The van der Waals surface area contributed by atoms with Crippen LogP contribution in [0.25, 0.3) is 0 Å². The first-order chi connectivity index (χ1) is 11.7. The van der Waals surface area contributed by atoms with E-state index in [1.807, 2.05) is 10.6 Å². The highest BCUT2D eigenvalue weighted by molar-refractivity contribution is 5.82. The SMILES string of the molecule is O=C(N[C@H]1CCc2c(ccc(=O)n2CC2CC2)C1)C1[C@H]2COC[C@@H]12. The molecule has 1 amide bonds. The van der Waals surface area contributed by atoms with Crippen molar-refractivity contribution >= 4 is 5.91 Å². The summed E-state index contributed by atoms with van der Waals surface area (Å²) in [5, 5.41) is 3.26. The molecular weight excluding hydrogens is 304 g/mol. The molecule has 1 saturated heterocycles. The Hall–Kier alpha value is -1.62. The first-order valence-electron chi connectivity index (χ1n) is 9.30. The van der Waals surface area contributed by atoms with Crippen molar-refractivity contribution < 1.29 is 9.53 Å². The lowest BCUT2D eigenvalue weighted by atomic mass is 9.91. The molecule has 0 aromatic carbocycles. The van der Waals surface area contributed by atoms with Crippen LogP contribution in [-0.2, 0) is 28.9 Å². The van der Waals surface area contributed by atoms with E-state index in [2.05, 4.69) is 5.32 Å². The van der Waals surface area contributed by atoms with E-state index in [9.17, 15) is 9.59 Å². The third kappa shape index (κ3) is 2.50. The number of hydrogen-bond donors (Lipinski definition) is 1. The number of carbonyl (C=O) groups is 1. The summed E-state index contributed by atoms with van der Waals surface area (Å²) in [5.74, 6) is 2.02. The van der Waals surface area contributed by atoms with Crippen LogP contribution in [0.1, 0.15) is 30.5 Å². The molecule has 4 atom stereocenters. The molecule has 24 heavy (non-hydrogen) atoms. The van der Waals surface area contributed by atoms with Gasteiger partial charge >= 0.3 is 0 Å². The van der Waals surface area contributed by atoms with Crippen LogP contribution in [0.5, 0.6) is 0 Å². The molecule has 5 heteroatoms. The Morgan fingerprint density at radius 1 is 1.21 bits per heavy atom. The number of nitrogens with one attached hydrogen (secondary N) is 1. The number of ether oxygens (including phenoxy) is 1. The first kappa shape index (κ1) is 14.7. The maximum atomic E-state index is 12.5. The van der Waals surface area contributed by atoms with E-state index in [4.69, 9.17) is 4.74 Å². The summed E-state index contributed by atoms with van der Waals surface area (Å²) in [6.45, 7) is 2.39. The Balaban J connectivity index is 1.28. The molecule has 1 aromatic heterocycles. The number of hydrogen-bond acceptors (Lipinski definition) is 3. The molecule has 2 heterocycles. The van der Waals surface area contributed by atoms with E-state index in [-0.39, 0.29) is 23.4 Å². The lowest BCUT2D eigenvalue weighted by Gasteiger charge is -2.28. The second kappa shape index (κ2) is 5.45. The monoisotopic (exact) mass is 328 g/mol. The predicted molar refractivity (Wildman–Crippen MR) is 88.7 cm³/mol. The van der Waals surface area contributed by atoms with Gasteiger partial charge in [-0.25, -0.2) is 0 Å². The summed E-state index contributed by atoms with van der Waals surface area (Å²) in [6.07, 6.45) is 5.18. The maximum absolute atomic E-state index is 12.5. The molecule has 1 aliphatic heterocycles. The summed E-state index contributed by atoms with van der Waals surface area (Å²) >= 11 is 0. The van der Waals surface area contributed by atoms with Crippen molar-refractivity contribution in [1.29, 1.82) is 0 Å². The minimum Gasteiger partial charge on any atom is -0.381 e. The van der Waals surface area contributed by atoms with Crippen molar-refractivity contribution in [1.82, 2.24) is 9.88 Å². The number of pyridine rings is 1. The van der Waals surface area contributed by atoms with Crippen molar-refractivity contribution in [2.75, 3.05) is 13.2 Å². The van der Waals surface area contributed by atoms with Gasteiger partial charge in [-0.1, -0.05) is 6.07 Å². The quantitative estimate of drug-likeness (QED) is 0.901. The zero-order valence-electron chi connectivity index (χ0n) is 13.9. The molecule has 1 aromatic rings. The summed E-state index contributed by atoms with van der Waals surface area (Å²) < 4.78 is 7.37. The van der Waals surface area contributed by atoms with E-state index < -0.39 is 0 Å². The highest BCUT2D eigenvalue weighted by atomic mass is 16.5. The molecule has 4 aliphatic rings. The highest BCUT2D eigenvalue weighted by Crippen LogP contribution is 2.50. The van der Waals surface area contributed by atoms with Crippen LogP contribution >= 0.6 is 0 Å². The number of amides is 1. The molecule has 3 aliphatic carbocycles. The van der Waals surface area contributed by atoms with Crippen LogP contribution in [0.15, 0.2) is 16.9 Å². The average Bonchev–Trinajstić information content (AvgIpc) is 3.48. The number of nitrogens with zero attached hydrogens (tertiary/aromatic N) is 1. The van der Waals surface area contributed by atoms with E-state index in [0.29, 0.717) is 17.8 Å². The molecule has 1 N–H and O–H groups in total. The molecule has 1 unspecified atom stereocenters. The second-order valence-corrected chi connectivity index (χ2v) is 8.04. The number of aromatic nitrogens is 1. The topological polar surface area (TPSA) is 60.3 Å². The summed E-state index contributed by atoms with van der Waals surface area (Å²) in [5.41, 5.74) is 2.58. The predicted octanol–water partition coefficient (Wildman–Crippen LogP) is 1.12. The summed E-state index contributed by atoms with van der Waals surface area (Å²) in [6, 6.07) is 3.88. The Bertz CT molecular complexity index is 727. The third-order valence-corrected chi connectivity index (χ3v) is 6.32. The van der Waals surface area contributed by atoms with Gasteiger partial charge in [-0.2, -0.15) is 0 Å². The van der Waals surface area contributed by atoms with Crippen LogP contribution in [0.2, 0.25) is 0 Å². The molecule has 0 spiro atoms. The van der Waals surface area contributed by atoms with Gasteiger partial charge in [0.25, 0.3) is 5.56 Å². The maximum Gasteiger partial charge on any atom is 0.250 e. The smallest absolute Gasteiger partial charge is 0.250 e. The molecule has 0 bridgehead atoms. The lowest BCUT2D eigenvalue weighted by Crippen LogP contribution is -2.42. The fourth-order valence-corrected chi connectivity index (χ4v) is 4.63. The fourth-order valence-electron chi connectivity index (χ4n) is 4.63. The third-order valence-electron chi connectivity index (χ3n) is 6.32. The fraction of sp³-hybridized carbons (Fsp3) is 0.684. The molecule has 128 valence electrons.